The molecule has 0 N–H and O–H groups in total. The lowest BCUT2D eigenvalue weighted by Gasteiger charge is -2.05. The van der Waals surface area contributed by atoms with E-state index in [9.17, 15) is 9.18 Å². The first kappa shape index (κ1) is 12.6. The number of carbonyl (C=O) groups excluding carboxylic acids is 1. The lowest BCUT2D eigenvalue weighted by molar-refractivity contribution is 0.0921. The number of para-hydroxylation sites is 1. The standard InChI is InChI=1S/C14H10ClFO2/c15-12-7-6-10(8-13(12)16)14(17)9-18-11-4-2-1-3-5-11/h1-8H,9H2. The van der Waals surface area contributed by atoms with Crippen LogP contribution in [-0.2, 0) is 0 Å². The van der Waals surface area contributed by atoms with Crippen LogP contribution in [0, 0.1) is 5.82 Å². The van der Waals surface area contributed by atoms with Crippen molar-refractivity contribution >= 4 is 17.4 Å². The SMILES string of the molecule is O=C(COc1ccccc1)c1ccc(Cl)c(F)c1. The highest BCUT2D eigenvalue weighted by atomic mass is 35.5. The zero-order valence-electron chi connectivity index (χ0n) is 9.40. The van der Waals surface area contributed by atoms with Gasteiger partial charge in [-0.3, -0.25) is 4.79 Å². The second-order valence-electron chi connectivity index (χ2n) is 3.65. The molecular weight excluding hydrogens is 255 g/mol. The summed E-state index contributed by atoms with van der Waals surface area (Å²) < 4.78 is 18.5. The highest BCUT2D eigenvalue weighted by Gasteiger charge is 2.09. The molecule has 2 rings (SSSR count). The summed E-state index contributed by atoms with van der Waals surface area (Å²) in [4.78, 5) is 11.7. The van der Waals surface area contributed by atoms with Gasteiger partial charge in [-0.15, -0.1) is 0 Å². The Morgan fingerprint density at radius 1 is 1.17 bits per heavy atom. The van der Waals surface area contributed by atoms with Crippen molar-refractivity contribution in [3.63, 3.8) is 0 Å². The van der Waals surface area contributed by atoms with E-state index >= 15 is 0 Å². The average molecular weight is 265 g/mol. The molecule has 2 nitrogen and oxygen atoms in total. The Kier molecular flexibility index (Phi) is 3.95. The summed E-state index contributed by atoms with van der Waals surface area (Å²) in [5.41, 5.74) is 0.243. The fraction of sp³-hybridized carbons (Fsp3) is 0.0714. The summed E-state index contributed by atoms with van der Waals surface area (Å²) >= 11 is 5.54. The molecule has 92 valence electrons. The first-order valence-electron chi connectivity index (χ1n) is 5.33. The van der Waals surface area contributed by atoms with Crippen LogP contribution in [0.25, 0.3) is 0 Å². The van der Waals surface area contributed by atoms with Crippen molar-refractivity contribution in [2.75, 3.05) is 6.61 Å². The maximum atomic E-state index is 13.2. The Bertz CT molecular complexity index is 555. The molecule has 0 aliphatic heterocycles. The molecule has 2 aromatic rings. The number of rotatable bonds is 4. The third kappa shape index (κ3) is 3.08. The molecule has 0 amide bonds. The van der Waals surface area contributed by atoms with Crippen molar-refractivity contribution in [3.8, 4) is 5.75 Å². The quantitative estimate of drug-likeness (QED) is 0.787. The number of ether oxygens (including phenoxy) is 1. The highest BCUT2D eigenvalue weighted by Crippen LogP contribution is 2.16. The minimum Gasteiger partial charge on any atom is -0.485 e. The van der Waals surface area contributed by atoms with Gasteiger partial charge in [-0.25, -0.2) is 4.39 Å². The molecule has 0 fully saturated rings. The van der Waals surface area contributed by atoms with Crippen molar-refractivity contribution in [2.24, 2.45) is 0 Å². The van der Waals surface area contributed by atoms with Crippen LogP contribution >= 0.6 is 11.6 Å². The topological polar surface area (TPSA) is 26.3 Å². The summed E-state index contributed by atoms with van der Waals surface area (Å²) in [5, 5.41) is -0.00414. The second-order valence-corrected chi connectivity index (χ2v) is 4.06. The van der Waals surface area contributed by atoms with Crippen LogP contribution in [-0.4, -0.2) is 12.4 Å². The van der Waals surface area contributed by atoms with Gasteiger partial charge in [-0.05, 0) is 30.3 Å². The molecule has 18 heavy (non-hydrogen) atoms. The van der Waals surface area contributed by atoms with Gasteiger partial charge in [0.2, 0.25) is 0 Å². The third-order valence-corrected chi connectivity index (χ3v) is 2.66. The fourth-order valence-electron chi connectivity index (χ4n) is 1.42. The Balaban J connectivity index is 2.02. The summed E-state index contributed by atoms with van der Waals surface area (Å²) in [6.07, 6.45) is 0. The van der Waals surface area contributed by atoms with Gasteiger partial charge in [-0.1, -0.05) is 29.8 Å². The van der Waals surface area contributed by atoms with Crippen molar-refractivity contribution in [2.45, 2.75) is 0 Å². The van der Waals surface area contributed by atoms with E-state index in [4.69, 9.17) is 16.3 Å². The van der Waals surface area contributed by atoms with Crippen molar-refractivity contribution in [1.29, 1.82) is 0 Å². The van der Waals surface area contributed by atoms with E-state index in [2.05, 4.69) is 0 Å². The van der Waals surface area contributed by atoms with E-state index in [1.54, 1.807) is 12.1 Å². The molecule has 2 aromatic carbocycles. The molecule has 0 radical (unpaired) electrons. The van der Waals surface area contributed by atoms with Crippen LogP contribution in [0.2, 0.25) is 5.02 Å². The van der Waals surface area contributed by atoms with Crippen LogP contribution in [0.15, 0.2) is 48.5 Å². The molecule has 0 spiro atoms. The zero-order valence-corrected chi connectivity index (χ0v) is 10.2. The van der Waals surface area contributed by atoms with Gasteiger partial charge in [0.1, 0.15) is 11.6 Å². The summed E-state index contributed by atoms with van der Waals surface area (Å²) in [5.74, 6) is -0.308. The molecule has 0 aromatic heterocycles. The van der Waals surface area contributed by atoms with E-state index in [1.807, 2.05) is 18.2 Å². The minimum absolute atomic E-state index is 0.00414. The lowest BCUT2D eigenvalue weighted by atomic mass is 10.1. The Morgan fingerprint density at radius 3 is 2.56 bits per heavy atom. The summed E-state index contributed by atoms with van der Waals surface area (Å²) in [7, 11) is 0. The van der Waals surface area contributed by atoms with Crippen LogP contribution in [0.5, 0.6) is 5.75 Å². The molecular formula is C14H10ClFO2. The van der Waals surface area contributed by atoms with E-state index in [0.717, 1.165) is 6.07 Å². The Labute approximate surface area is 109 Å². The van der Waals surface area contributed by atoms with Crippen LogP contribution in [0.3, 0.4) is 0 Å². The Morgan fingerprint density at radius 2 is 1.89 bits per heavy atom. The normalized spacial score (nSPS) is 10.1. The van der Waals surface area contributed by atoms with Crippen LogP contribution in [0.4, 0.5) is 4.39 Å². The predicted octanol–water partition coefficient (Wildman–Crippen LogP) is 3.74. The number of halogens is 2. The molecule has 4 heteroatoms. The first-order chi connectivity index (χ1) is 8.66. The van der Waals surface area contributed by atoms with Crippen LogP contribution in [0.1, 0.15) is 10.4 Å². The molecule has 0 bridgehead atoms. The highest BCUT2D eigenvalue weighted by molar-refractivity contribution is 6.30. The molecule has 0 saturated heterocycles. The fourth-order valence-corrected chi connectivity index (χ4v) is 1.54. The van der Waals surface area contributed by atoms with Crippen LogP contribution < -0.4 is 4.74 Å². The largest absolute Gasteiger partial charge is 0.485 e. The number of hydrogen-bond acceptors (Lipinski definition) is 2. The minimum atomic E-state index is -0.609. The summed E-state index contributed by atoms with van der Waals surface area (Å²) in [6, 6.07) is 12.9. The second kappa shape index (κ2) is 5.65. The maximum absolute atomic E-state index is 13.2. The van der Waals surface area contributed by atoms with Gasteiger partial charge in [0.25, 0.3) is 0 Å². The molecule has 0 aliphatic carbocycles. The monoisotopic (exact) mass is 264 g/mol. The number of benzene rings is 2. The first-order valence-corrected chi connectivity index (χ1v) is 5.71. The van der Waals surface area contributed by atoms with Crippen molar-refractivity contribution in [1.82, 2.24) is 0 Å². The van der Waals surface area contributed by atoms with E-state index in [-0.39, 0.29) is 23.0 Å². The van der Waals surface area contributed by atoms with Gasteiger partial charge in [0.15, 0.2) is 12.4 Å². The van der Waals surface area contributed by atoms with Gasteiger partial charge < -0.3 is 4.74 Å². The van der Waals surface area contributed by atoms with Crippen molar-refractivity contribution in [3.05, 3.63) is 64.9 Å². The van der Waals surface area contributed by atoms with Gasteiger partial charge in [0.05, 0.1) is 5.02 Å². The number of hydrogen-bond donors (Lipinski definition) is 0. The molecule has 0 saturated carbocycles. The van der Waals surface area contributed by atoms with E-state index in [0.29, 0.717) is 5.75 Å². The zero-order chi connectivity index (χ0) is 13.0. The molecule has 0 heterocycles. The van der Waals surface area contributed by atoms with Gasteiger partial charge >= 0.3 is 0 Å². The number of ketones is 1. The smallest absolute Gasteiger partial charge is 0.200 e. The number of carbonyl (C=O) groups is 1. The molecule has 0 aliphatic rings. The van der Waals surface area contributed by atoms with E-state index < -0.39 is 5.82 Å². The third-order valence-electron chi connectivity index (χ3n) is 2.35. The van der Waals surface area contributed by atoms with E-state index in [1.165, 1.54) is 12.1 Å². The molecule has 0 atom stereocenters. The van der Waals surface area contributed by atoms with Gasteiger partial charge in [-0.2, -0.15) is 0 Å². The van der Waals surface area contributed by atoms with Crippen molar-refractivity contribution < 1.29 is 13.9 Å². The summed E-state index contributed by atoms with van der Waals surface area (Å²) in [6.45, 7) is -0.134. The lowest BCUT2D eigenvalue weighted by Crippen LogP contribution is -2.11. The average Bonchev–Trinajstić information content (AvgIpc) is 2.40. The number of Topliss-reactive ketones (excluding diaryl/α,β-unsaturated/α-hetero) is 1. The van der Waals surface area contributed by atoms with Gasteiger partial charge in [0, 0.05) is 5.56 Å². The Hall–Kier alpha value is -1.87. The molecule has 0 unspecified atom stereocenters. The maximum Gasteiger partial charge on any atom is 0.200 e. The predicted molar refractivity (Wildman–Crippen MR) is 67.7 cm³/mol.